The highest BCUT2D eigenvalue weighted by Crippen LogP contribution is 2.42. The summed E-state index contributed by atoms with van der Waals surface area (Å²) in [5.41, 5.74) is 5.93. The van der Waals surface area contributed by atoms with Gasteiger partial charge in [-0.15, -0.1) is 12.3 Å². The molecule has 0 spiro atoms. The van der Waals surface area contributed by atoms with Crippen LogP contribution in [-0.2, 0) is 0 Å². The molecule has 116 valence electrons. The van der Waals surface area contributed by atoms with Gasteiger partial charge in [-0.1, -0.05) is 83.9 Å². The number of hydrogen-bond acceptors (Lipinski definition) is 0. The minimum absolute atomic E-state index is 0.419. The Bertz CT molecular complexity index is 344. The summed E-state index contributed by atoms with van der Waals surface area (Å²) >= 11 is 0. The van der Waals surface area contributed by atoms with E-state index in [-0.39, 0.29) is 0 Å². The average Bonchev–Trinajstić information content (AvgIpc) is 2.39. The molecule has 1 fully saturated rings. The van der Waals surface area contributed by atoms with Crippen LogP contribution in [-0.4, -0.2) is 16.1 Å². The average molecular weight is 309 g/mol. The summed E-state index contributed by atoms with van der Waals surface area (Å²) < 4.78 is 0. The van der Waals surface area contributed by atoms with Crippen LogP contribution in [0.3, 0.4) is 0 Å². The van der Waals surface area contributed by atoms with Crippen molar-refractivity contribution in [2.45, 2.75) is 89.1 Å². The third-order valence-corrected chi connectivity index (χ3v) is 14.6. The van der Waals surface area contributed by atoms with Crippen molar-refractivity contribution < 1.29 is 0 Å². The summed E-state index contributed by atoms with van der Waals surface area (Å²) in [5.74, 6) is 0. The molecule has 0 aliphatic heterocycles. The molecule has 0 radical (unpaired) electrons. The fourth-order valence-corrected chi connectivity index (χ4v) is 7.27. The van der Waals surface area contributed by atoms with Gasteiger partial charge >= 0.3 is 0 Å². The highest BCUT2D eigenvalue weighted by molar-refractivity contribution is 6.85. The molecule has 1 aliphatic carbocycles. The Morgan fingerprint density at radius 3 is 2.10 bits per heavy atom. The fraction of sp³-hybridized carbons (Fsp3) is 0.778. The third-order valence-electron chi connectivity index (χ3n) is 6.09. The van der Waals surface area contributed by atoms with Crippen LogP contribution in [0.1, 0.15) is 52.4 Å². The van der Waals surface area contributed by atoms with Gasteiger partial charge in [0.2, 0.25) is 0 Å². The van der Waals surface area contributed by atoms with Crippen molar-refractivity contribution in [3.05, 3.63) is 24.1 Å². The summed E-state index contributed by atoms with van der Waals surface area (Å²) in [6, 6.07) is 0. The first-order chi connectivity index (χ1) is 9.12. The predicted octanol–water partition coefficient (Wildman–Crippen LogP) is 6.73. The van der Waals surface area contributed by atoms with Crippen LogP contribution in [0.25, 0.3) is 0 Å². The van der Waals surface area contributed by atoms with Crippen LogP contribution in [0.4, 0.5) is 0 Å². The van der Waals surface area contributed by atoms with Gasteiger partial charge in [-0.3, -0.25) is 0 Å². The Morgan fingerprint density at radius 1 is 1.05 bits per heavy atom. The second-order valence-corrected chi connectivity index (χ2v) is 18.6. The fourth-order valence-electron chi connectivity index (χ4n) is 3.18. The molecular weight excluding hydrogens is 272 g/mol. The van der Waals surface area contributed by atoms with Crippen LogP contribution in [0.2, 0.25) is 36.8 Å². The van der Waals surface area contributed by atoms with E-state index in [4.69, 9.17) is 0 Å². The van der Waals surface area contributed by atoms with Crippen LogP contribution < -0.4 is 0 Å². The van der Waals surface area contributed by atoms with E-state index in [0.717, 1.165) is 5.54 Å². The molecule has 1 rings (SSSR count). The molecule has 0 aromatic carbocycles. The van der Waals surface area contributed by atoms with Crippen molar-refractivity contribution >= 4 is 16.1 Å². The first kappa shape index (κ1) is 18.0. The van der Waals surface area contributed by atoms with Gasteiger partial charge in [0.25, 0.3) is 0 Å². The van der Waals surface area contributed by atoms with Crippen LogP contribution >= 0.6 is 0 Å². The Balaban J connectivity index is 2.65. The largest absolute Gasteiger partial charge is 0.107 e. The molecule has 0 heterocycles. The second kappa shape index (κ2) is 6.78. The Morgan fingerprint density at radius 2 is 1.60 bits per heavy atom. The zero-order chi connectivity index (χ0) is 15.4. The van der Waals surface area contributed by atoms with E-state index in [1.165, 1.54) is 38.5 Å². The van der Waals surface area contributed by atoms with Crippen molar-refractivity contribution in [2.75, 3.05) is 0 Å². The van der Waals surface area contributed by atoms with Gasteiger partial charge < -0.3 is 0 Å². The maximum Gasteiger partial charge on any atom is 0.0768 e. The molecule has 20 heavy (non-hydrogen) atoms. The molecular formula is C18H36Si2. The Hall–Kier alpha value is -0.0862. The Labute approximate surface area is 129 Å². The highest BCUT2D eigenvalue weighted by atomic mass is 28.3. The smallest absolute Gasteiger partial charge is 0.0768 e. The summed E-state index contributed by atoms with van der Waals surface area (Å²) in [7, 11) is -2.48. The van der Waals surface area contributed by atoms with Crippen molar-refractivity contribution in [1.29, 1.82) is 0 Å². The van der Waals surface area contributed by atoms with Gasteiger partial charge in [-0.2, -0.15) is 0 Å². The summed E-state index contributed by atoms with van der Waals surface area (Å²) in [6.07, 6.45) is 11.1. The topological polar surface area (TPSA) is 0 Å². The van der Waals surface area contributed by atoms with E-state index in [0.29, 0.717) is 5.04 Å². The van der Waals surface area contributed by atoms with E-state index in [1.807, 2.05) is 0 Å². The molecule has 1 aliphatic rings. The quantitative estimate of drug-likeness (QED) is 0.477. The van der Waals surface area contributed by atoms with Gasteiger partial charge in [0, 0.05) is 0 Å². The zero-order valence-electron chi connectivity index (χ0n) is 14.8. The lowest BCUT2D eigenvalue weighted by Gasteiger charge is -2.38. The van der Waals surface area contributed by atoms with Crippen LogP contribution in [0.5, 0.6) is 0 Å². The normalized spacial score (nSPS) is 19.5. The molecule has 0 aromatic rings. The first-order valence-electron chi connectivity index (χ1n) is 8.44. The van der Waals surface area contributed by atoms with E-state index in [9.17, 15) is 0 Å². The lowest BCUT2D eigenvalue weighted by molar-refractivity contribution is 0.494. The molecule has 1 saturated carbocycles. The Kier molecular flexibility index (Phi) is 6.09. The molecule has 0 N–H and O–H groups in total. The van der Waals surface area contributed by atoms with Crippen molar-refractivity contribution in [2.24, 2.45) is 0 Å². The number of rotatable bonds is 6. The maximum atomic E-state index is 4.08. The first-order valence-corrected chi connectivity index (χ1v) is 14.7. The number of allylic oxidation sites excluding steroid dienone is 1. The molecule has 0 nitrogen and oxygen atoms in total. The minimum Gasteiger partial charge on any atom is -0.107 e. The van der Waals surface area contributed by atoms with Crippen LogP contribution in [0.15, 0.2) is 24.1 Å². The van der Waals surface area contributed by atoms with E-state index in [2.05, 4.69) is 64.1 Å². The van der Waals surface area contributed by atoms with Crippen molar-refractivity contribution in [1.82, 2.24) is 0 Å². The second-order valence-electron chi connectivity index (χ2n) is 8.57. The minimum atomic E-state index is -1.31. The third kappa shape index (κ3) is 4.46. The maximum absolute atomic E-state index is 4.08. The molecule has 0 saturated heterocycles. The van der Waals surface area contributed by atoms with Gasteiger partial charge in [0.05, 0.1) is 16.1 Å². The number of hydrogen-bond donors (Lipinski definition) is 0. The van der Waals surface area contributed by atoms with Gasteiger partial charge in [-0.05, 0) is 17.0 Å². The standard InChI is InChI=1S/C18H36Si2/c1-8-20(6,7)18(2,3)15-12-16-19(4,5)17-13-10-9-11-14-17/h8,12,16-17H,1,9-11,13-15H2,2-7H3/b16-12+. The van der Waals surface area contributed by atoms with Crippen LogP contribution in [0, 0.1) is 0 Å². The molecule has 0 bridgehead atoms. The van der Waals surface area contributed by atoms with Gasteiger partial charge in [0.1, 0.15) is 0 Å². The molecule has 0 atom stereocenters. The molecule has 0 unspecified atom stereocenters. The SMILES string of the molecule is C=C[Si](C)(C)C(C)(C)C/C=C/[Si](C)(C)C1CCCCC1. The highest BCUT2D eigenvalue weighted by Gasteiger charge is 2.36. The predicted molar refractivity (Wildman–Crippen MR) is 99.8 cm³/mol. The van der Waals surface area contributed by atoms with E-state index >= 15 is 0 Å². The monoisotopic (exact) mass is 308 g/mol. The summed E-state index contributed by atoms with van der Waals surface area (Å²) in [4.78, 5) is 0. The summed E-state index contributed by atoms with van der Waals surface area (Å²) in [6.45, 7) is 19.0. The van der Waals surface area contributed by atoms with Crippen molar-refractivity contribution in [3.8, 4) is 0 Å². The molecule has 0 amide bonds. The zero-order valence-corrected chi connectivity index (χ0v) is 16.8. The van der Waals surface area contributed by atoms with Crippen molar-refractivity contribution in [3.63, 3.8) is 0 Å². The molecule has 0 aromatic heterocycles. The lowest BCUT2D eigenvalue weighted by Crippen LogP contribution is -2.37. The lowest BCUT2D eigenvalue weighted by atomic mass is 10.0. The van der Waals surface area contributed by atoms with Gasteiger partial charge in [-0.25, -0.2) is 0 Å². The van der Waals surface area contributed by atoms with E-state index < -0.39 is 16.1 Å². The molecule has 2 heteroatoms. The summed E-state index contributed by atoms with van der Waals surface area (Å²) in [5, 5.41) is 0.419. The van der Waals surface area contributed by atoms with Gasteiger partial charge in [0.15, 0.2) is 0 Å². The van der Waals surface area contributed by atoms with E-state index in [1.54, 1.807) is 0 Å².